The van der Waals surface area contributed by atoms with Gasteiger partial charge in [0.05, 0.1) is 5.25 Å². The molecule has 3 atom stereocenters. The lowest BCUT2D eigenvalue weighted by molar-refractivity contribution is 0.0156. The molecule has 1 aromatic carbocycles. The van der Waals surface area contributed by atoms with Gasteiger partial charge in [-0.25, -0.2) is 8.42 Å². The standard InChI is InChI=1S/C18H27NO3S/c1-23(21,22)17-11-5-4-10-16(17)19-13-18(20)12-6-8-14-7-2-3-9-15(14)18/h2-3,7,9,16-17,19-20H,4-6,8,10-13H2,1H3/t16-,17-,18+/m1/s1. The minimum atomic E-state index is -3.05. The van der Waals surface area contributed by atoms with E-state index in [1.165, 1.54) is 11.8 Å². The summed E-state index contributed by atoms with van der Waals surface area (Å²) in [5, 5.41) is 14.2. The molecule has 0 saturated heterocycles. The molecule has 1 saturated carbocycles. The van der Waals surface area contributed by atoms with Crippen molar-refractivity contribution in [3.05, 3.63) is 35.4 Å². The molecule has 128 valence electrons. The molecule has 1 fully saturated rings. The van der Waals surface area contributed by atoms with E-state index in [0.29, 0.717) is 6.54 Å². The lowest BCUT2D eigenvalue weighted by atomic mass is 9.79. The summed E-state index contributed by atoms with van der Waals surface area (Å²) in [6, 6.07) is 8.02. The Labute approximate surface area is 139 Å². The lowest BCUT2D eigenvalue weighted by Crippen LogP contribution is -2.51. The van der Waals surface area contributed by atoms with Crippen LogP contribution in [0.4, 0.5) is 0 Å². The van der Waals surface area contributed by atoms with Crippen LogP contribution in [0.2, 0.25) is 0 Å². The summed E-state index contributed by atoms with van der Waals surface area (Å²) in [7, 11) is -3.05. The van der Waals surface area contributed by atoms with Gasteiger partial charge in [-0.05, 0) is 43.2 Å². The van der Waals surface area contributed by atoms with Gasteiger partial charge in [0.25, 0.3) is 0 Å². The third kappa shape index (κ3) is 3.62. The van der Waals surface area contributed by atoms with Crippen molar-refractivity contribution in [1.82, 2.24) is 5.32 Å². The zero-order valence-electron chi connectivity index (χ0n) is 13.8. The Morgan fingerprint density at radius 3 is 2.74 bits per heavy atom. The van der Waals surface area contributed by atoms with Crippen LogP contribution in [0.25, 0.3) is 0 Å². The van der Waals surface area contributed by atoms with Crippen molar-refractivity contribution < 1.29 is 13.5 Å². The number of benzene rings is 1. The fourth-order valence-electron chi connectivity index (χ4n) is 4.22. The van der Waals surface area contributed by atoms with E-state index < -0.39 is 15.4 Å². The number of hydrogen-bond donors (Lipinski definition) is 2. The van der Waals surface area contributed by atoms with Crippen molar-refractivity contribution in [3.63, 3.8) is 0 Å². The highest BCUT2D eigenvalue weighted by Crippen LogP contribution is 2.35. The quantitative estimate of drug-likeness (QED) is 0.883. The predicted molar refractivity (Wildman–Crippen MR) is 92.2 cm³/mol. The maximum Gasteiger partial charge on any atom is 0.151 e. The van der Waals surface area contributed by atoms with Crippen LogP contribution < -0.4 is 5.32 Å². The number of hydrogen-bond acceptors (Lipinski definition) is 4. The van der Waals surface area contributed by atoms with Crippen LogP contribution in [0.15, 0.2) is 24.3 Å². The van der Waals surface area contributed by atoms with Gasteiger partial charge in [0.2, 0.25) is 0 Å². The molecule has 0 spiro atoms. The molecule has 1 aromatic rings. The molecule has 2 N–H and O–H groups in total. The molecule has 2 aliphatic carbocycles. The van der Waals surface area contributed by atoms with Crippen molar-refractivity contribution in [2.45, 2.75) is 61.8 Å². The molecule has 4 nitrogen and oxygen atoms in total. The van der Waals surface area contributed by atoms with E-state index in [-0.39, 0.29) is 11.3 Å². The van der Waals surface area contributed by atoms with Crippen molar-refractivity contribution in [2.24, 2.45) is 0 Å². The first-order chi connectivity index (χ1) is 10.9. The van der Waals surface area contributed by atoms with E-state index in [1.807, 2.05) is 18.2 Å². The molecule has 23 heavy (non-hydrogen) atoms. The van der Waals surface area contributed by atoms with Gasteiger partial charge in [0.15, 0.2) is 9.84 Å². The average Bonchev–Trinajstić information content (AvgIpc) is 2.53. The van der Waals surface area contributed by atoms with Gasteiger partial charge in [-0.1, -0.05) is 37.1 Å². The van der Waals surface area contributed by atoms with Crippen molar-refractivity contribution in [1.29, 1.82) is 0 Å². The highest BCUT2D eigenvalue weighted by Gasteiger charge is 2.37. The topological polar surface area (TPSA) is 66.4 Å². The average molecular weight is 337 g/mol. The second-order valence-corrected chi connectivity index (χ2v) is 9.45. The van der Waals surface area contributed by atoms with E-state index in [9.17, 15) is 13.5 Å². The van der Waals surface area contributed by atoms with Crippen LogP contribution >= 0.6 is 0 Å². The summed E-state index contributed by atoms with van der Waals surface area (Å²) in [6.07, 6.45) is 7.67. The predicted octanol–water partition coefficient (Wildman–Crippen LogP) is 2.16. The van der Waals surface area contributed by atoms with Gasteiger partial charge < -0.3 is 10.4 Å². The number of rotatable bonds is 4. The number of sulfone groups is 1. The third-order valence-electron chi connectivity index (χ3n) is 5.46. The summed E-state index contributed by atoms with van der Waals surface area (Å²) in [4.78, 5) is 0. The molecule has 5 heteroatoms. The Morgan fingerprint density at radius 2 is 1.96 bits per heavy atom. The Bertz CT molecular complexity index is 658. The first-order valence-electron chi connectivity index (χ1n) is 8.63. The summed E-state index contributed by atoms with van der Waals surface area (Å²) in [5.41, 5.74) is 1.34. The Hall–Kier alpha value is -0.910. The smallest absolute Gasteiger partial charge is 0.151 e. The van der Waals surface area contributed by atoms with Crippen molar-refractivity contribution in [2.75, 3.05) is 12.8 Å². The van der Waals surface area contributed by atoms with Gasteiger partial charge in [-0.2, -0.15) is 0 Å². The van der Waals surface area contributed by atoms with Gasteiger partial charge >= 0.3 is 0 Å². The van der Waals surface area contributed by atoms with Crippen LogP contribution in [0.5, 0.6) is 0 Å². The Morgan fingerprint density at radius 1 is 1.22 bits per heavy atom. The molecule has 0 bridgehead atoms. The second-order valence-electron chi connectivity index (χ2n) is 7.18. The molecular formula is C18H27NO3S. The number of fused-ring (bicyclic) bond motifs is 1. The maximum absolute atomic E-state index is 12.0. The van der Waals surface area contributed by atoms with Crippen LogP contribution in [-0.2, 0) is 21.9 Å². The van der Waals surface area contributed by atoms with E-state index in [1.54, 1.807) is 0 Å². The zero-order chi connectivity index (χ0) is 16.5. The first kappa shape index (κ1) is 16.9. The van der Waals surface area contributed by atoms with Crippen LogP contribution in [0.1, 0.15) is 49.7 Å². The summed E-state index contributed by atoms with van der Waals surface area (Å²) in [5.74, 6) is 0. The number of nitrogens with one attached hydrogen (secondary N) is 1. The molecular weight excluding hydrogens is 310 g/mol. The molecule has 0 aromatic heterocycles. The van der Waals surface area contributed by atoms with Gasteiger partial charge in [0.1, 0.15) is 5.60 Å². The maximum atomic E-state index is 12.0. The minimum Gasteiger partial charge on any atom is -0.384 e. The van der Waals surface area contributed by atoms with Crippen LogP contribution in [0, 0.1) is 0 Å². The lowest BCUT2D eigenvalue weighted by Gasteiger charge is -2.38. The molecule has 0 heterocycles. The first-order valence-corrected chi connectivity index (χ1v) is 10.6. The minimum absolute atomic E-state index is 0.0446. The van der Waals surface area contributed by atoms with E-state index in [0.717, 1.165) is 50.5 Å². The third-order valence-corrected chi connectivity index (χ3v) is 7.13. The fraction of sp³-hybridized carbons (Fsp3) is 0.667. The molecule has 0 radical (unpaired) electrons. The summed E-state index contributed by atoms with van der Waals surface area (Å²) < 4.78 is 24.0. The SMILES string of the molecule is CS(=O)(=O)[C@@H]1CCCC[C@H]1NC[C@@]1(O)CCCc2ccccc21. The highest BCUT2D eigenvalue weighted by molar-refractivity contribution is 7.91. The second kappa shape index (κ2) is 6.54. The van der Waals surface area contributed by atoms with E-state index in [2.05, 4.69) is 11.4 Å². The van der Waals surface area contributed by atoms with E-state index >= 15 is 0 Å². The van der Waals surface area contributed by atoms with Crippen LogP contribution in [0.3, 0.4) is 0 Å². The molecule has 0 amide bonds. The van der Waals surface area contributed by atoms with Gasteiger partial charge in [-0.3, -0.25) is 0 Å². The molecule has 2 aliphatic rings. The van der Waals surface area contributed by atoms with Crippen molar-refractivity contribution >= 4 is 9.84 Å². The summed E-state index contributed by atoms with van der Waals surface area (Å²) in [6.45, 7) is 0.431. The molecule has 0 unspecified atom stereocenters. The molecule has 3 rings (SSSR count). The van der Waals surface area contributed by atoms with E-state index in [4.69, 9.17) is 0 Å². The largest absolute Gasteiger partial charge is 0.384 e. The summed E-state index contributed by atoms with van der Waals surface area (Å²) >= 11 is 0. The van der Waals surface area contributed by atoms with Gasteiger partial charge in [0, 0.05) is 18.8 Å². The van der Waals surface area contributed by atoms with Crippen LogP contribution in [-0.4, -0.2) is 37.6 Å². The number of aliphatic hydroxyl groups is 1. The Balaban J connectivity index is 1.75. The van der Waals surface area contributed by atoms with Crippen molar-refractivity contribution in [3.8, 4) is 0 Å². The highest BCUT2D eigenvalue weighted by atomic mass is 32.2. The Kier molecular flexibility index (Phi) is 4.81. The number of aryl methyl sites for hydroxylation is 1. The van der Waals surface area contributed by atoms with Gasteiger partial charge in [-0.15, -0.1) is 0 Å². The monoisotopic (exact) mass is 337 g/mol. The normalized spacial score (nSPS) is 31.6. The molecule has 0 aliphatic heterocycles. The fourth-order valence-corrected chi connectivity index (χ4v) is 5.65. The zero-order valence-corrected chi connectivity index (χ0v) is 14.6.